The predicted molar refractivity (Wildman–Crippen MR) is 95.8 cm³/mol. The summed E-state index contributed by atoms with van der Waals surface area (Å²) < 4.78 is 31.4. The maximum absolute atomic E-state index is 14.4. The Bertz CT molecular complexity index is 921. The number of benzene rings is 1. The summed E-state index contributed by atoms with van der Waals surface area (Å²) in [6.07, 6.45) is 1.58. The monoisotopic (exact) mass is 375 g/mol. The number of carbonyl (C=O) groups is 1. The zero-order valence-electron chi connectivity index (χ0n) is 14.2. The Morgan fingerprint density at radius 2 is 2.27 bits per heavy atom. The summed E-state index contributed by atoms with van der Waals surface area (Å²) in [7, 11) is 1.54. The quantitative estimate of drug-likeness (QED) is 0.692. The number of carbonyl (C=O) groups excluding carboxylic acids is 1. The number of furan rings is 1. The third-order valence-electron chi connectivity index (χ3n) is 4.51. The fourth-order valence-electron chi connectivity index (χ4n) is 3.32. The molecule has 0 N–H and O–H groups in total. The van der Waals surface area contributed by atoms with Crippen LogP contribution < -0.4 is 0 Å². The van der Waals surface area contributed by atoms with Gasteiger partial charge in [0.2, 0.25) is 0 Å². The van der Waals surface area contributed by atoms with Crippen LogP contribution in [0.5, 0.6) is 0 Å². The van der Waals surface area contributed by atoms with E-state index in [-0.39, 0.29) is 24.4 Å². The molecule has 0 saturated carbocycles. The highest BCUT2D eigenvalue weighted by Crippen LogP contribution is 2.36. The molecule has 0 bridgehead atoms. The average molecular weight is 375 g/mol. The van der Waals surface area contributed by atoms with Crippen molar-refractivity contribution in [2.24, 2.45) is 0 Å². The molecule has 1 aliphatic heterocycles. The maximum Gasteiger partial charge on any atom is 0.265 e. The van der Waals surface area contributed by atoms with Crippen LogP contribution in [-0.4, -0.2) is 37.7 Å². The fraction of sp³-hybridized carbons (Fsp3) is 0.316. The van der Waals surface area contributed by atoms with Crippen LogP contribution in [0.15, 0.2) is 41.0 Å². The van der Waals surface area contributed by atoms with E-state index >= 15 is 0 Å². The Hall–Kier alpha value is -2.22. The van der Waals surface area contributed by atoms with E-state index in [1.54, 1.807) is 30.4 Å². The molecule has 1 atom stereocenters. The first-order valence-corrected chi connectivity index (χ1v) is 9.13. The minimum absolute atomic E-state index is 0.151. The Kier molecular flexibility index (Phi) is 4.76. The van der Waals surface area contributed by atoms with Crippen molar-refractivity contribution in [3.05, 3.63) is 58.6 Å². The SMILES string of the molecule is COCc1c(C(=O)N2CCOCC2c2ccco2)sc2cccc(F)c12. The van der Waals surface area contributed by atoms with E-state index in [1.807, 2.05) is 12.1 Å². The van der Waals surface area contributed by atoms with E-state index in [0.29, 0.717) is 41.3 Å². The highest BCUT2D eigenvalue weighted by molar-refractivity contribution is 7.21. The van der Waals surface area contributed by atoms with E-state index < -0.39 is 0 Å². The van der Waals surface area contributed by atoms with Crippen LogP contribution >= 0.6 is 11.3 Å². The van der Waals surface area contributed by atoms with Gasteiger partial charge in [0, 0.05) is 29.3 Å². The summed E-state index contributed by atoms with van der Waals surface area (Å²) in [5, 5.41) is 0.463. The molecule has 2 aromatic heterocycles. The summed E-state index contributed by atoms with van der Waals surface area (Å²) >= 11 is 1.30. The van der Waals surface area contributed by atoms with Crippen molar-refractivity contribution in [1.29, 1.82) is 0 Å². The molecule has 4 rings (SSSR count). The van der Waals surface area contributed by atoms with E-state index in [2.05, 4.69) is 0 Å². The van der Waals surface area contributed by atoms with Gasteiger partial charge in [0.15, 0.2) is 0 Å². The number of rotatable bonds is 4. The highest BCUT2D eigenvalue weighted by atomic mass is 32.1. The first-order valence-electron chi connectivity index (χ1n) is 8.31. The van der Waals surface area contributed by atoms with Gasteiger partial charge in [-0.2, -0.15) is 0 Å². The van der Waals surface area contributed by atoms with Crippen molar-refractivity contribution in [3.8, 4) is 0 Å². The lowest BCUT2D eigenvalue weighted by Gasteiger charge is -2.34. The predicted octanol–water partition coefficient (Wildman–Crippen LogP) is 3.99. The van der Waals surface area contributed by atoms with Crippen LogP contribution in [0.2, 0.25) is 0 Å². The molecule has 1 saturated heterocycles. The van der Waals surface area contributed by atoms with Crippen LogP contribution in [0.4, 0.5) is 4.39 Å². The molecule has 1 unspecified atom stereocenters. The summed E-state index contributed by atoms with van der Waals surface area (Å²) in [4.78, 5) is 15.6. The Morgan fingerprint density at radius 3 is 3.04 bits per heavy atom. The van der Waals surface area contributed by atoms with E-state index in [1.165, 1.54) is 17.4 Å². The summed E-state index contributed by atoms with van der Waals surface area (Å²) in [6, 6.07) is 8.21. The largest absolute Gasteiger partial charge is 0.467 e. The summed E-state index contributed by atoms with van der Waals surface area (Å²) in [5.41, 5.74) is 0.597. The number of morpholine rings is 1. The molecule has 0 radical (unpaired) electrons. The second-order valence-corrected chi connectivity index (χ2v) is 7.11. The molecule has 3 heterocycles. The van der Waals surface area contributed by atoms with Crippen molar-refractivity contribution in [2.75, 3.05) is 26.9 Å². The Labute approximate surface area is 153 Å². The van der Waals surface area contributed by atoms with Gasteiger partial charge in [0.05, 0.1) is 31.0 Å². The van der Waals surface area contributed by atoms with Crippen molar-refractivity contribution in [2.45, 2.75) is 12.6 Å². The van der Waals surface area contributed by atoms with Gasteiger partial charge in [-0.3, -0.25) is 4.79 Å². The minimum atomic E-state index is -0.339. The number of thiophene rings is 1. The van der Waals surface area contributed by atoms with Crippen molar-refractivity contribution < 1.29 is 23.1 Å². The summed E-state index contributed by atoms with van der Waals surface area (Å²) in [6.45, 7) is 1.46. The number of halogens is 1. The standard InChI is InChI=1S/C19H18FNO4S/c1-23-10-12-17-13(20)4-2-6-16(17)26-18(12)19(22)21-7-9-24-11-14(21)15-5-3-8-25-15/h2-6,8,14H,7,9-11H2,1H3. The number of amides is 1. The number of hydrogen-bond donors (Lipinski definition) is 0. The topological polar surface area (TPSA) is 51.9 Å². The van der Waals surface area contributed by atoms with Crippen LogP contribution in [0.1, 0.15) is 27.0 Å². The average Bonchev–Trinajstić information content (AvgIpc) is 3.30. The molecule has 7 heteroatoms. The fourth-order valence-corrected chi connectivity index (χ4v) is 4.49. The van der Waals surface area contributed by atoms with Crippen LogP contribution in [0.3, 0.4) is 0 Å². The van der Waals surface area contributed by atoms with E-state index in [9.17, 15) is 9.18 Å². The number of methoxy groups -OCH3 is 1. The second kappa shape index (κ2) is 7.19. The van der Waals surface area contributed by atoms with Gasteiger partial charge < -0.3 is 18.8 Å². The van der Waals surface area contributed by atoms with Gasteiger partial charge in [-0.1, -0.05) is 6.07 Å². The Morgan fingerprint density at radius 1 is 1.38 bits per heavy atom. The van der Waals surface area contributed by atoms with E-state index in [0.717, 1.165) is 4.70 Å². The van der Waals surface area contributed by atoms with Gasteiger partial charge in [0.25, 0.3) is 5.91 Å². The van der Waals surface area contributed by atoms with Gasteiger partial charge in [0.1, 0.15) is 17.6 Å². The lowest BCUT2D eigenvalue weighted by atomic mass is 10.1. The lowest BCUT2D eigenvalue weighted by molar-refractivity contribution is -0.00862. The summed E-state index contributed by atoms with van der Waals surface area (Å²) in [5.74, 6) is 0.190. The molecule has 1 aliphatic rings. The lowest BCUT2D eigenvalue weighted by Crippen LogP contribution is -2.43. The molecule has 1 amide bonds. The zero-order chi connectivity index (χ0) is 18.1. The zero-order valence-corrected chi connectivity index (χ0v) is 15.1. The second-order valence-electron chi connectivity index (χ2n) is 6.06. The number of hydrogen-bond acceptors (Lipinski definition) is 5. The van der Waals surface area contributed by atoms with Crippen LogP contribution in [0.25, 0.3) is 10.1 Å². The molecular weight excluding hydrogens is 357 g/mol. The Balaban J connectivity index is 1.77. The first kappa shape index (κ1) is 17.2. The normalized spacial score (nSPS) is 17.8. The molecule has 26 heavy (non-hydrogen) atoms. The molecule has 0 aliphatic carbocycles. The number of nitrogens with zero attached hydrogens (tertiary/aromatic N) is 1. The molecule has 3 aromatic rings. The highest BCUT2D eigenvalue weighted by Gasteiger charge is 2.33. The molecule has 1 aromatic carbocycles. The van der Waals surface area contributed by atoms with Crippen LogP contribution in [0, 0.1) is 5.82 Å². The molecule has 5 nitrogen and oxygen atoms in total. The number of fused-ring (bicyclic) bond motifs is 1. The van der Waals surface area contributed by atoms with Gasteiger partial charge in [-0.25, -0.2) is 4.39 Å². The molecule has 1 fully saturated rings. The van der Waals surface area contributed by atoms with Crippen molar-refractivity contribution in [3.63, 3.8) is 0 Å². The van der Waals surface area contributed by atoms with Crippen molar-refractivity contribution >= 4 is 27.3 Å². The smallest absolute Gasteiger partial charge is 0.265 e. The van der Waals surface area contributed by atoms with Gasteiger partial charge >= 0.3 is 0 Å². The van der Waals surface area contributed by atoms with Gasteiger partial charge in [-0.15, -0.1) is 11.3 Å². The van der Waals surface area contributed by atoms with Gasteiger partial charge in [-0.05, 0) is 24.3 Å². The minimum Gasteiger partial charge on any atom is -0.467 e. The molecule has 0 spiro atoms. The maximum atomic E-state index is 14.4. The first-order chi connectivity index (χ1) is 12.7. The van der Waals surface area contributed by atoms with Crippen LogP contribution in [-0.2, 0) is 16.1 Å². The van der Waals surface area contributed by atoms with Crippen molar-refractivity contribution in [1.82, 2.24) is 4.90 Å². The van der Waals surface area contributed by atoms with E-state index in [4.69, 9.17) is 13.9 Å². The third kappa shape index (κ3) is 2.92. The molecular formula is C19H18FNO4S. The number of ether oxygens (including phenoxy) is 2. The third-order valence-corrected chi connectivity index (χ3v) is 5.69. The molecule has 136 valence electrons.